The summed E-state index contributed by atoms with van der Waals surface area (Å²) in [6.45, 7) is 0. The first-order valence-corrected chi connectivity index (χ1v) is 1.81. The van der Waals surface area contributed by atoms with Gasteiger partial charge in [-0.25, -0.2) is 0 Å². The van der Waals surface area contributed by atoms with Gasteiger partial charge < -0.3 is 11.2 Å². The third-order valence-electron chi connectivity index (χ3n) is 0. The van der Waals surface area contributed by atoms with Crippen molar-refractivity contribution in [2.75, 3.05) is 0 Å². The normalized spacial score (nSPS) is 5.00. The minimum atomic E-state index is 0. The van der Waals surface area contributed by atoms with Crippen molar-refractivity contribution in [3.05, 3.63) is 0 Å². The zero-order chi connectivity index (χ0) is 3.58. The average molecular weight is 188 g/mol. The van der Waals surface area contributed by atoms with E-state index in [2.05, 4.69) is 5.73 Å². The molecule has 0 aliphatic rings. The lowest BCUT2D eigenvalue weighted by atomic mass is 11.4. The highest BCUT2D eigenvalue weighted by Crippen LogP contribution is 1.68. The van der Waals surface area contributed by atoms with E-state index in [-0.39, 0.29) is 9.32 Å². The van der Waals surface area contributed by atoms with Gasteiger partial charge in [-0.05, 0) is 22.6 Å². The number of nitrogens with two attached hydrogens (primary N) is 1. The molecule has 0 spiro atoms. The van der Waals surface area contributed by atoms with Gasteiger partial charge in [0.05, 0.1) is 0 Å². The predicted molar refractivity (Wildman–Crippen MR) is 29.5 cm³/mol. The Morgan fingerprint density at radius 2 is 1.80 bits per heavy atom. The van der Waals surface area contributed by atoms with E-state index in [0.29, 0.717) is 0 Å². The summed E-state index contributed by atoms with van der Waals surface area (Å²) in [5, 5.41) is 6.26. The summed E-state index contributed by atoms with van der Waals surface area (Å²) in [7, 11) is 0. The molecular formula is CH5IN2O. The van der Waals surface area contributed by atoms with E-state index in [1.165, 1.54) is 0 Å². The molecule has 0 radical (unpaired) electrons. The molecule has 0 unspecified atom stereocenters. The molecule has 0 fully saturated rings. The second kappa shape index (κ2) is 4.16. The van der Waals surface area contributed by atoms with E-state index >= 15 is 0 Å². The molecule has 0 amide bonds. The van der Waals surface area contributed by atoms with Gasteiger partial charge in [-0.3, -0.25) is 5.41 Å². The first-order chi connectivity index (χ1) is 1.73. The minimum absolute atomic E-state index is 0. The largest absolute Gasteiger partial charge is 0.412 e. The molecule has 0 atom stereocenters. The van der Waals surface area contributed by atoms with Crippen LogP contribution in [0.5, 0.6) is 0 Å². The maximum absolute atomic E-state index is 6.26. The van der Waals surface area contributed by atoms with Crippen LogP contribution in [0.1, 0.15) is 0 Å². The Morgan fingerprint density at radius 1 is 1.80 bits per heavy atom. The van der Waals surface area contributed by atoms with Crippen molar-refractivity contribution in [3.8, 4) is 0 Å². The number of amidine groups is 1. The van der Waals surface area contributed by atoms with Crippen molar-refractivity contribution in [2.45, 2.75) is 0 Å². The summed E-state index contributed by atoms with van der Waals surface area (Å²) >= 11 is 1.70. The van der Waals surface area contributed by atoms with Gasteiger partial charge >= 0.3 is 0 Å². The standard InChI is InChI=1S/CH3IN2.H2O/c2-1(3)4;/h(H3,3,4);1H2. The van der Waals surface area contributed by atoms with Crippen LogP contribution in [-0.2, 0) is 0 Å². The monoisotopic (exact) mass is 188 g/mol. The van der Waals surface area contributed by atoms with Crippen LogP contribution in [0.15, 0.2) is 0 Å². The molecule has 0 aromatic rings. The van der Waals surface area contributed by atoms with Gasteiger partial charge in [0.15, 0.2) is 3.84 Å². The smallest absolute Gasteiger partial charge is 0.154 e. The van der Waals surface area contributed by atoms with E-state index in [1.807, 2.05) is 0 Å². The van der Waals surface area contributed by atoms with Crippen molar-refractivity contribution in [2.24, 2.45) is 5.73 Å². The van der Waals surface area contributed by atoms with Crippen molar-refractivity contribution in [1.29, 1.82) is 5.41 Å². The first-order valence-electron chi connectivity index (χ1n) is 0.728. The van der Waals surface area contributed by atoms with Crippen LogP contribution >= 0.6 is 22.6 Å². The number of hydrogen-bond donors (Lipinski definition) is 2. The van der Waals surface area contributed by atoms with Crippen molar-refractivity contribution in [3.63, 3.8) is 0 Å². The van der Waals surface area contributed by atoms with Crippen LogP contribution in [0.2, 0.25) is 0 Å². The fourth-order valence-electron chi connectivity index (χ4n) is 0. The highest BCUT2D eigenvalue weighted by Gasteiger charge is 1.57. The van der Waals surface area contributed by atoms with Crippen LogP contribution in [0.25, 0.3) is 0 Å². The zero-order valence-corrected chi connectivity index (χ0v) is 4.61. The molecule has 0 heterocycles. The summed E-state index contributed by atoms with van der Waals surface area (Å²) < 4.78 is 0.137. The van der Waals surface area contributed by atoms with Crippen molar-refractivity contribution < 1.29 is 5.48 Å². The van der Waals surface area contributed by atoms with Crippen molar-refractivity contribution in [1.82, 2.24) is 0 Å². The number of rotatable bonds is 0. The molecule has 0 bridgehead atoms. The van der Waals surface area contributed by atoms with Gasteiger partial charge in [0.2, 0.25) is 0 Å². The molecule has 0 aliphatic heterocycles. The third kappa shape index (κ3) is 758. The molecule has 0 aromatic carbocycles. The van der Waals surface area contributed by atoms with Gasteiger partial charge in [0.1, 0.15) is 0 Å². The highest BCUT2D eigenvalue weighted by atomic mass is 127. The number of hydrogen-bond acceptors (Lipinski definition) is 1. The Labute approximate surface area is 43.5 Å². The predicted octanol–water partition coefficient (Wildman–Crippen LogP) is -0.510. The van der Waals surface area contributed by atoms with E-state index in [9.17, 15) is 0 Å². The minimum Gasteiger partial charge on any atom is -0.412 e. The van der Waals surface area contributed by atoms with Gasteiger partial charge in [0.25, 0.3) is 0 Å². The molecule has 3 nitrogen and oxygen atoms in total. The van der Waals surface area contributed by atoms with Crippen LogP contribution in [0, 0.1) is 5.41 Å². The fourth-order valence-corrected chi connectivity index (χ4v) is 0. The summed E-state index contributed by atoms with van der Waals surface area (Å²) in [5.41, 5.74) is 4.68. The van der Waals surface area contributed by atoms with Crippen LogP contribution in [-0.4, -0.2) is 9.32 Å². The Balaban J connectivity index is 0. The van der Waals surface area contributed by atoms with Gasteiger partial charge in [-0.1, -0.05) is 0 Å². The summed E-state index contributed by atoms with van der Waals surface area (Å²) in [4.78, 5) is 0. The fraction of sp³-hybridized carbons (Fsp3) is 0. The van der Waals surface area contributed by atoms with E-state index in [1.54, 1.807) is 22.6 Å². The van der Waals surface area contributed by atoms with E-state index in [4.69, 9.17) is 5.41 Å². The van der Waals surface area contributed by atoms with Crippen LogP contribution < -0.4 is 5.73 Å². The molecule has 0 saturated carbocycles. The summed E-state index contributed by atoms with van der Waals surface area (Å²) in [5.74, 6) is 0. The lowest BCUT2D eigenvalue weighted by Gasteiger charge is -1.63. The molecule has 5 heavy (non-hydrogen) atoms. The van der Waals surface area contributed by atoms with Gasteiger partial charge in [-0.2, -0.15) is 0 Å². The van der Waals surface area contributed by atoms with Gasteiger partial charge in [-0.15, -0.1) is 0 Å². The molecule has 0 saturated heterocycles. The topological polar surface area (TPSA) is 81.4 Å². The first kappa shape index (κ1) is 8.94. The summed E-state index contributed by atoms with van der Waals surface area (Å²) in [6, 6.07) is 0. The van der Waals surface area contributed by atoms with Crippen LogP contribution in [0.3, 0.4) is 0 Å². The second-order valence-corrected chi connectivity index (χ2v) is 1.51. The lowest BCUT2D eigenvalue weighted by Crippen LogP contribution is -1.95. The van der Waals surface area contributed by atoms with Crippen LogP contribution in [0.4, 0.5) is 0 Å². The maximum atomic E-state index is 6.26. The molecule has 32 valence electrons. The third-order valence-corrected chi connectivity index (χ3v) is 0. The molecular weight excluding hydrogens is 183 g/mol. The number of nitrogens with one attached hydrogen (secondary N) is 1. The zero-order valence-electron chi connectivity index (χ0n) is 2.46. The quantitative estimate of drug-likeness (QED) is 0.228. The van der Waals surface area contributed by atoms with Crippen molar-refractivity contribution >= 4 is 26.4 Å². The average Bonchev–Trinajstić information content (AvgIpc) is 0.811. The lowest BCUT2D eigenvalue weighted by molar-refractivity contribution is 0.824. The SMILES string of the molecule is N=C(N)I.O. The van der Waals surface area contributed by atoms with E-state index in [0.717, 1.165) is 0 Å². The maximum Gasteiger partial charge on any atom is 0.154 e. The summed E-state index contributed by atoms with van der Waals surface area (Å²) in [6.07, 6.45) is 0. The second-order valence-electron chi connectivity index (χ2n) is 0.348. The Kier molecular flexibility index (Phi) is 7.44. The molecule has 0 aromatic heterocycles. The Morgan fingerprint density at radius 3 is 1.80 bits per heavy atom. The Bertz CT molecular complexity index is 32.6. The highest BCUT2D eigenvalue weighted by molar-refractivity contribution is 14.1. The molecule has 5 N–H and O–H groups in total. The van der Waals surface area contributed by atoms with E-state index < -0.39 is 0 Å². The number of halogens is 1. The molecule has 4 heteroatoms. The Hall–Kier alpha value is 0.160. The molecule has 0 rings (SSSR count). The molecule has 0 aliphatic carbocycles. The van der Waals surface area contributed by atoms with Gasteiger partial charge in [0, 0.05) is 0 Å².